The molecule has 2 heterocycles. The summed E-state index contributed by atoms with van der Waals surface area (Å²) in [4.78, 5) is 36.4. The van der Waals surface area contributed by atoms with Crippen LogP contribution in [0.3, 0.4) is 0 Å². The van der Waals surface area contributed by atoms with Gasteiger partial charge >= 0.3 is 51.4 Å². The fourth-order valence-corrected chi connectivity index (χ4v) is 2.47. The molecule has 0 spiro atoms. The molecule has 1 atom stereocenters. The average Bonchev–Trinajstić information content (AvgIpc) is 2.67. The number of imide groups is 1. The van der Waals surface area contributed by atoms with Crippen LogP contribution >= 0.6 is 0 Å². The van der Waals surface area contributed by atoms with Gasteiger partial charge < -0.3 is 4.90 Å². The van der Waals surface area contributed by atoms with Crippen LogP contribution in [0.2, 0.25) is 0 Å². The molecule has 1 aromatic rings. The van der Waals surface area contributed by atoms with Crippen molar-refractivity contribution in [1.29, 1.82) is 0 Å². The Hall–Kier alpha value is -0.604. The van der Waals surface area contributed by atoms with Gasteiger partial charge in [0, 0.05) is 18.8 Å². The molecular formula is C13H10FKN2O3. The molecule has 98 valence electrons. The first-order valence-corrected chi connectivity index (χ1v) is 5.91. The second-order valence-corrected chi connectivity index (χ2v) is 4.62. The van der Waals surface area contributed by atoms with Crippen LogP contribution in [0.5, 0.6) is 0 Å². The quantitative estimate of drug-likeness (QED) is 0.351. The number of hydrogen-bond acceptors (Lipinski definition) is 3. The van der Waals surface area contributed by atoms with Gasteiger partial charge in [-0.3, -0.25) is 19.7 Å². The van der Waals surface area contributed by atoms with Gasteiger partial charge in [0.1, 0.15) is 6.04 Å². The third-order valence-electron chi connectivity index (χ3n) is 3.42. The van der Waals surface area contributed by atoms with E-state index in [2.05, 4.69) is 11.4 Å². The van der Waals surface area contributed by atoms with E-state index in [4.69, 9.17) is 0 Å². The number of nitrogens with one attached hydrogen (secondary N) is 1. The van der Waals surface area contributed by atoms with Crippen LogP contribution in [0, 0.1) is 11.9 Å². The zero-order chi connectivity index (χ0) is 13.6. The standard InChI is InChI=1S/C13H10FN2O3.K/c14-8-2-1-7-6-16(13(19)9(7)5-8)10-3-4-11(17)15-12(10)18;/h1,5,10H,3-4,6H2,(H,15,17,18);/q-1;+1. The second kappa shape index (κ2) is 6.03. The topological polar surface area (TPSA) is 66.5 Å². The van der Waals surface area contributed by atoms with Crippen molar-refractivity contribution in [2.45, 2.75) is 25.4 Å². The van der Waals surface area contributed by atoms with Crippen LogP contribution < -0.4 is 56.7 Å². The Labute approximate surface area is 157 Å². The first-order valence-electron chi connectivity index (χ1n) is 5.91. The van der Waals surface area contributed by atoms with E-state index in [1.54, 1.807) is 0 Å². The Bertz CT molecular complexity index is 605. The molecule has 5 nitrogen and oxygen atoms in total. The molecule has 1 unspecified atom stereocenters. The number of benzene rings is 1. The van der Waals surface area contributed by atoms with Crippen molar-refractivity contribution >= 4 is 17.7 Å². The largest absolute Gasteiger partial charge is 1.00 e. The number of piperidine rings is 1. The zero-order valence-electron chi connectivity index (χ0n) is 10.9. The van der Waals surface area contributed by atoms with Gasteiger partial charge in [0.05, 0.1) is 0 Å². The Morgan fingerprint density at radius 1 is 1.35 bits per heavy atom. The normalized spacial score (nSPS) is 21.4. The summed E-state index contributed by atoms with van der Waals surface area (Å²) in [5, 5.41) is 2.21. The molecule has 0 saturated carbocycles. The molecule has 0 aromatic heterocycles. The molecule has 2 aliphatic heterocycles. The van der Waals surface area contributed by atoms with E-state index in [1.807, 2.05) is 0 Å². The van der Waals surface area contributed by atoms with Crippen molar-refractivity contribution in [2.24, 2.45) is 0 Å². The fourth-order valence-electron chi connectivity index (χ4n) is 2.47. The van der Waals surface area contributed by atoms with E-state index < -0.39 is 17.8 Å². The third kappa shape index (κ3) is 2.73. The number of nitrogens with zero attached hydrogens (tertiary/aromatic N) is 1. The zero-order valence-corrected chi connectivity index (χ0v) is 14.0. The van der Waals surface area contributed by atoms with Crippen LogP contribution in [-0.2, 0) is 16.1 Å². The van der Waals surface area contributed by atoms with Gasteiger partial charge in [0.15, 0.2) is 0 Å². The number of amides is 3. The third-order valence-corrected chi connectivity index (χ3v) is 3.42. The maximum Gasteiger partial charge on any atom is 1.00 e. The Morgan fingerprint density at radius 3 is 2.80 bits per heavy atom. The number of rotatable bonds is 1. The first-order chi connectivity index (χ1) is 9.06. The van der Waals surface area contributed by atoms with Crippen molar-refractivity contribution in [3.05, 3.63) is 35.1 Å². The Kier molecular flexibility index (Phi) is 4.75. The SMILES string of the molecule is O=C1CCC(N2Cc3c[c-]c(F)cc3C2=O)C(=O)N1.[K+]. The molecular weight excluding hydrogens is 290 g/mol. The Morgan fingerprint density at radius 2 is 2.10 bits per heavy atom. The fraction of sp³-hybridized carbons (Fsp3) is 0.308. The molecule has 0 radical (unpaired) electrons. The molecule has 1 fully saturated rings. The molecule has 7 heteroatoms. The summed E-state index contributed by atoms with van der Waals surface area (Å²) < 4.78 is 13.1. The summed E-state index contributed by atoms with van der Waals surface area (Å²) in [6.45, 7) is 0.247. The molecule has 3 amide bonds. The van der Waals surface area contributed by atoms with Crippen LogP contribution in [0.1, 0.15) is 28.8 Å². The minimum atomic E-state index is -0.666. The second-order valence-electron chi connectivity index (χ2n) is 4.62. The van der Waals surface area contributed by atoms with Gasteiger partial charge in [-0.25, -0.2) is 4.39 Å². The van der Waals surface area contributed by atoms with Crippen molar-refractivity contribution in [2.75, 3.05) is 0 Å². The van der Waals surface area contributed by atoms with E-state index in [9.17, 15) is 18.8 Å². The molecule has 0 bridgehead atoms. The van der Waals surface area contributed by atoms with E-state index >= 15 is 0 Å². The molecule has 1 aromatic carbocycles. The van der Waals surface area contributed by atoms with Crippen LogP contribution in [0.15, 0.2) is 12.1 Å². The minimum absolute atomic E-state index is 0. The van der Waals surface area contributed by atoms with Crippen LogP contribution in [-0.4, -0.2) is 28.7 Å². The summed E-state index contributed by atoms with van der Waals surface area (Å²) >= 11 is 0. The monoisotopic (exact) mass is 300 g/mol. The molecule has 20 heavy (non-hydrogen) atoms. The van der Waals surface area contributed by atoms with Crippen molar-refractivity contribution in [3.8, 4) is 0 Å². The molecule has 2 aliphatic rings. The van der Waals surface area contributed by atoms with Gasteiger partial charge in [-0.1, -0.05) is 5.56 Å². The summed E-state index contributed by atoms with van der Waals surface area (Å²) in [6.07, 6.45) is 0.508. The molecule has 1 N–H and O–H groups in total. The molecule has 1 saturated heterocycles. The van der Waals surface area contributed by atoms with Gasteiger partial charge in [-0.15, -0.1) is 17.7 Å². The molecule has 3 rings (SSSR count). The van der Waals surface area contributed by atoms with Crippen molar-refractivity contribution in [3.63, 3.8) is 0 Å². The summed E-state index contributed by atoms with van der Waals surface area (Å²) in [7, 11) is 0. The number of halogens is 1. The number of hydrogen-bond donors (Lipinski definition) is 1. The average molecular weight is 300 g/mol. The smallest absolute Gasteiger partial charge is 0.335 e. The number of fused-ring (bicyclic) bond motifs is 1. The van der Waals surface area contributed by atoms with Gasteiger partial charge in [0.2, 0.25) is 17.7 Å². The summed E-state index contributed by atoms with van der Waals surface area (Å²) in [5.41, 5.74) is 0.914. The number of carbonyl (C=O) groups is 3. The van der Waals surface area contributed by atoms with Gasteiger partial charge in [-0.2, -0.15) is 6.07 Å². The number of carbonyl (C=O) groups excluding carboxylic acids is 3. The van der Waals surface area contributed by atoms with Crippen molar-refractivity contribution in [1.82, 2.24) is 10.2 Å². The van der Waals surface area contributed by atoms with E-state index in [0.717, 1.165) is 6.07 Å². The summed E-state index contributed by atoms with van der Waals surface area (Å²) in [5.74, 6) is -1.78. The molecule has 0 aliphatic carbocycles. The van der Waals surface area contributed by atoms with Crippen LogP contribution in [0.4, 0.5) is 4.39 Å². The van der Waals surface area contributed by atoms with Crippen LogP contribution in [0.25, 0.3) is 0 Å². The van der Waals surface area contributed by atoms with E-state index in [-0.39, 0.29) is 81.7 Å². The Balaban J connectivity index is 0.00000147. The predicted octanol–water partition coefficient (Wildman–Crippen LogP) is -2.61. The van der Waals surface area contributed by atoms with Gasteiger partial charge in [0.25, 0.3) is 0 Å². The maximum absolute atomic E-state index is 13.1. The summed E-state index contributed by atoms with van der Waals surface area (Å²) in [6, 6.07) is 4.28. The van der Waals surface area contributed by atoms with E-state index in [1.165, 1.54) is 11.0 Å². The van der Waals surface area contributed by atoms with Crippen molar-refractivity contribution < 1.29 is 70.2 Å². The van der Waals surface area contributed by atoms with E-state index in [0.29, 0.717) is 12.0 Å². The minimum Gasteiger partial charge on any atom is -0.335 e. The maximum atomic E-state index is 13.1. The predicted molar refractivity (Wildman–Crippen MR) is 61.3 cm³/mol. The first kappa shape index (κ1) is 15.8. The van der Waals surface area contributed by atoms with Gasteiger partial charge in [-0.05, 0) is 6.42 Å².